The first-order chi connectivity index (χ1) is 10.7. The van der Waals surface area contributed by atoms with Gasteiger partial charge in [-0.1, -0.05) is 0 Å². The molecule has 2 aromatic heterocycles. The van der Waals surface area contributed by atoms with Gasteiger partial charge in [0.15, 0.2) is 8.68 Å². The van der Waals surface area contributed by atoms with Crippen LogP contribution in [-0.4, -0.2) is 9.97 Å². The quantitative estimate of drug-likeness (QED) is 0.400. The van der Waals surface area contributed by atoms with Gasteiger partial charge in [-0.3, -0.25) is 0 Å². The highest BCUT2D eigenvalue weighted by molar-refractivity contribution is 8.77. The number of thiazole rings is 2. The van der Waals surface area contributed by atoms with Crippen LogP contribution < -0.4 is 11.5 Å². The van der Waals surface area contributed by atoms with Crippen molar-refractivity contribution in [3.8, 4) is 0 Å². The second kappa shape index (κ2) is 5.62. The third-order valence-electron chi connectivity index (χ3n) is 2.97. The van der Waals surface area contributed by atoms with Crippen LogP contribution in [0.25, 0.3) is 20.4 Å². The van der Waals surface area contributed by atoms with E-state index in [-0.39, 0.29) is 0 Å². The van der Waals surface area contributed by atoms with Crippen LogP contribution in [0.15, 0.2) is 45.1 Å². The molecule has 4 aromatic rings. The Morgan fingerprint density at radius 3 is 1.64 bits per heavy atom. The molecule has 4 nitrogen and oxygen atoms in total. The van der Waals surface area contributed by atoms with E-state index >= 15 is 0 Å². The summed E-state index contributed by atoms with van der Waals surface area (Å²) in [5.74, 6) is 0. The Balaban J connectivity index is 1.56. The van der Waals surface area contributed by atoms with Crippen molar-refractivity contribution >= 4 is 76.1 Å². The van der Waals surface area contributed by atoms with Gasteiger partial charge in [0, 0.05) is 11.4 Å². The summed E-state index contributed by atoms with van der Waals surface area (Å²) in [6.07, 6.45) is 0. The zero-order chi connectivity index (χ0) is 15.1. The lowest BCUT2D eigenvalue weighted by atomic mass is 10.3. The molecule has 4 N–H and O–H groups in total. The first-order valence-corrected chi connectivity index (χ1v) is 10.1. The standard InChI is InChI=1S/C14H10N4S4/c15-7-1-3-11-9(5-7)17-13(19-11)21-22-14-18-10-6-8(16)2-4-12(10)20-14/h1-6H,15-16H2. The largest absolute Gasteiger partial charge is 0.399 e. The number of hydrogen-bond acceptors (Lipinski definition) is 8. The molecule has 110 valence electrons. The molecule has 0 aliphatic heterocycles. The van der Waals surface area contributed by atoms with E-state index in [2.05, 4.69) is 9.97 Å². The number of nitrogen functional groups attached to an aromatic ring is 2. The Hall–Kier alpha value is -1.48. The zero-order valence-corrected chi connectivity index (χ0v) is 14.4. The SMILES string of the molecule is Nc1ccc2sc(SSc3nc4cc(N)ccc4s3)nc2c1. The summed E-state index contributed by atoms with van der Waals surface area (Å²) in [5.41, 5.74) is 15.0. The molecule has 2 heterocycles. The average Bonchev–Trinajstić information content (AvgIpc) is 3.07. The Bertz CT molecular complexity index is 895. The monoisotopic (exact) mass is 362 g/mol. The van der Waals surface area contributed by atoms with Crippen LogP contribution in [0.4, 0.5) is 11.4 Å². The number of benzene rings is 2. The second-order valence-electron chi connectivity index (χ2n) is 4.58. The third-order valence-corrected chi connectivity index (χ3v) is 8.01. The molecule has 0 bridgehead atoms. The van der Waals surface area contributed by atoms with Crippen molar-refractivity contribution in [1.82, 2.24) is 9.97 Å². The molecule has 0 spiro atoms. The maximum Gasteiger partial charge on any atom is 0.162 e. The fourth-order valence-corrected chi connectivity index (χ4v) is 6.44. The molecular weight excluding hydrogens is 352 g/mol. The topological polar surface area (TPSA) is 77.8 Å². The summed E-state index contributed by atoms with van der Waals surface area (Å²) in [6.45, 7) is 0. The van der Waals surface area contributed by atoms with Crippen LogP contribution in [0.2, 0.25) is 0 Å². The van der Waals surface area contributed by atoms with Crippen LogP contribution in [0.1, 0.15) is 0 Å². The molecule has 0 unspecified atom stereocenters. The van der Waals surface area contributed by atoms with Gasteiger partial charge in [0.25, 0.3) is 0 Å². The van der Waals surface area contributed by atoms with Crippen molar-refractivity contribution in [2.24, 2.45) is 0 Å². The predicted molar refractivity (Wildman–Crippen MR) is 99.8 cm³/mol. The van der Waals surface area contributed by atoms with Crippen molar-refractivity contribution in [1.29, 1.82) is 0 Å². The molecule has 2 aromatic carbocycles. The summed E-state index contributed by atoms with van der Waals surface area (Å²) < 4.78 is 4.30. The molecule has 0 aliphatic carbocycles. The summed E-state index contributed by atoms with van der Waals surface area (Å²) in [6, 6.07) is 11.6. The van der Waals surface area contributed by atoms with E-state index in [9.17, 15) is 0 Å². The maximum atomic E-state index is 5.79. The normalized spacial score (nSPS) is 11.5. The van der Waals surface area contributed by atoms with E-state index in [0.29, 0.717) is 0 Å². The maximum absolute atomic E-state index is 5.79. The first-order valence-electron chi connectivity index (χ1n) is 6.34. The van der Waals surface area contributed by atoms with E-state index in [4.69, 9.17) is 11.5 Å². The molecule has 0 amide bonds. The lowest BCUT2D eigenvalue weighted by Gasteiger charge is -1.90. The van der Waals surface area contributed by atoms with Gasteiger partial charge >= 0.3 is 0 Å². The van der Waals surface area contributed by atoms with Crippen molar-refractivity contribution < 1.29 is 0 Å². The minimum Gasteiger partial charge on any atom is -0.399 e. The van der Waals surface area contributed by atoms with Crippen molar-refractivity contribution in [3.05, 3.63) is 36.4 Å². The summed E-state index contributed by atoms with van der Waals surface area (Å²) in [5, 5.41) is 0. The lowest BCUT2D eigenvalue weighted by Crippen LogP contribution is -1.82. The molecule has 22 heavy (non-hydrogen) atoms. The number of nitrogens with two attached hydrogens (primary N) is 2. The van der Waals surface area contributed by atoms with Crippen LogP contribution >= 0.6 is 44.3 Å². The highest BCUT2D eigenvalue weighted by Gasteiger charge is 2.09. The van der Waals surface area contributed by atoms with Crippen LogP contribution in [0.5, 0.6) is 0 Å². The summed E-state index contributed by atoms with van der Waals surface area (Å²) >= 11 is 3.33. The Labute approximate surface area is 142 Å². The Morgan fingerprint density at radius 1 is 0.727 bits per heavy atom. The van der Waals surface area contributed by atoms with Gasteiger partial charge in [0.05, 0.1) is 20.4 Å². The Kier molecular flexibility index (Phi) is 3.61. The van der Waals surface area contributed by atoms with Gasteiger partial charge in [0.2, 0.25) is 0 Å². The van der Waals surface area contributed by atoms with Crippen LogP contribution in [0, 0.1) is 0 Å². The molecule has 8 heteroatoms. The summed E-state index contributed by atoms with van der Waals surface area (Å²) in [7, 11) is 3.25. The number of anilines is 2. The molecule has 0 fully saturated rings. The van der Waals surface area contributed by atoms with Crippen molar-refractivity contribution in [2.75, 3.05) is 11.5 Å². The Morgan fingerprint density at radius 2 is 1.18 bits per heavy atom. The second-order valence-corrected chi connectivity index (χ2v) is 9.27. The molecule has 0 radical (unpaired) electrons. The van der Waals surface area contributed by atoms with E-state index in [1.165, 1.54) is 0 Å². The number of fused-ring (bicyclic) bond motifs is 2. The third kappa shape index (κ3) is 2.74. The average molecular weight is 363 g/mol. The fraction of sp³-hybridized carbons (Fsp3) is 0. The van der Waals surface area contributed by atoms with E-state index in [1.54, 1.807) is 44.3 Å². The minimum atomic E-state index is 0.741. The summed E-state index contributed by atoms with van der Waals surface area (Å²) in [4.78, 5) is 9.19. The molecule has 0 aliphatic rings. The molecule has 0 saturated heterocycles. The van der Waals surface area contributed by atoms with Gasteiger partial charge in [0.1, 0.15) is 0 Å². The molecule has 4 rings (SSSR count). The van der Waals surface area contributed by atoms with Gasteiger partial charge in [-0.05, 0) is 58.0 Å². The highest BCUT2D eigenvalue weighted by Crippen LogP contribution is 2.43. The molecule has 0 atom stereocenters. The number of hydrogen-bond donors (Lipinski definition) is 2. The lowest BCUT2D eigenvalue weighted by molar-refractivity contribution is 1.31. The fourth-order valence-electron chi connectivity index (χ4n) is 1.99. The van der Waals surface area contributed by atoms with Gasteiger partial charge in [-0.15, -0.1) is 22.7 Å². The van der Waals surface area contributed by atoms with Gasteiger partial charge < -0.3 is 11.5 Å². The smallest absolute Gasteiger partial charge is 0.162 e. The van der Waals surface area contributed by atoms with Gasteiger partial charge in [-0.2, -0.15) is 0 Å². The number of aromatic nitrogens is 2. The first kappa shape index (κ1) is 14.1. The van der Waals surface area contributed by atoms with E-state index in [0.717, 1.165) is 40.5 Å². The number of nitrogens with zero attached hydrogens (tertiary/aromatic N) is 2. The molecular formula is C14H10N4S4. The predicted octanol–water partition coefficient (Wildman–Crippen LogP) is 4.87. The van der Waals surface area contributed by atoms with E-state index < -0.39 is 0 Å². The highest BCUT2D eigenvalue weighted by atomic mass is 33.1. The van der Waals surface area contributed by atoms with Gasteiger partial charge in [-0.25, -0.2) is 9.97 Å². The molecule has 0 saturated carbocycles. The van der Waals surface area contributed by atoms with Crippen molar-refractivity contribution in [3.63, 3.8) is 0 Å². The van der Waals surface area contributed by atoms with Crippen LogP contribution in [0.3, 0.4) is 0 Å². The number of rotatable bonds is 3. The zero-order valence-electron chi connectivity index (χ0n) is 11.1. The minimum absolute atomic E-state index is 0.741. The van der Waals surface area contributed by atoms with Crippen molar-refractivity contribution in [2.45, 2.75) is 8.68 Å². The van der Waals surface area contributed by atoms with Crippen LogP contribution in [-0.2, 0) is 0 Å². The van der Waals surface area contributed by atoms with E-state index in [1.807, 2.05) is 36.4 Å².